The molecule has 1 aliphatic carbocycles. The fourth-order valence-electron chi connectivity index (χ4n) is 3.99. The molecule has 1 fully saturated rings. The van der Waals surface area contributed by atoms with E-state index in [2.05, 4.69) is 34.8 Å². The molecule has 162 valence electrons. The molecule has 0 saturated heterocycles. The van der Waals surface area contributed by atoms with Crippen molar-refractivity contribution in [1.29, 1.82) is 0 Å². The summed E-state index contributed by atoms with van der Waals surface area (Å²) in [5, 5.41) is 9.86. The van der Waals surface area contributed by atoms with Gasteiger partial charge in [0.05, 0.1) is 0 Å². The molecule has 0 aliphatic heterocycles. The monoisotopic (exact) mass is 401 g/mol. The third-order valence-electron chi connectivity index (χ3n) is 5.60. The van der Waals surface area contributed by atoms with E-state index >= 15 is 0 Å². The van der Waals surface area contributed by atoms with Crippen LogP contribution >= 0.6 is 0 Å². The Hall–Kier alpha value is -2.08. The normalized spacial score (nSPS) is 15.9. The van der Waals surface area contributed by atoms with Crippen molar-refractivity contribution in [2.75, 3.05) is 40.8 Å². The van der Waals surface area contributed by atoms with E-state index in [9.17, 15) is 4.79 Å². The quantitative estimate of drug-likeness (QED) is 0.417. The molecule has 1 aliphatic rings. The minimum Gasteiger partial charge on any atom is -0.356 e. The lowest BCUT2D eigenvalue weighted by Crippen LogP contribution is -2.46. The molecule has 6 nitrogen and oxygen atoms in total. The molecule has 0 aromatic heterocycles. The Morgan fingerprint density at radius 1 is 1.21 bits per heavy atom. The van der Waals surface area contributed by atoms with E-state index in [-0.39, 0.29) is 5.91 Å². The summed E-state index contributed by atoms with van der Waals surface area (Å²) in [6.07, 6.45) is 5.21. The van der Waals surface area contributed by atoms with Crippen molar-refractivity contribution in [2.45, 2.75) is 46.1 Å². The van der Waals surface area contributed by atoms with Crippen LogP contribution in [0.1, 0.15) is 55.5 Å². The number of nitrogens with one attached hydrogen (secondary N) is 3. The van der Waals surface area contributed by atoms with Gasteiger partial charge in [-0.2, -0.15) is 0 Å². The van der Waals surface area contributed by atoms with Gasteiger partial charge >= 0.3 is 0 Å². The summed E-state index contributed by atoms with van der Waals surface area (Å²) < 4.78 is 0. The number of guanidine groups is 1. The molecule has 1 aromatic rings. The first-order valence-corrected chi connectivity index (χ1v) is 10.8. The van der Waals surface area contributed by atoms with Crippen molar-refractivity contribution < 1.29 is 4.79 Å². The Balaban J connectivity index is 1.84. The number of hydrogen-bond donors (Lipinski definition) is 3. The molecule has 0 bridgehead atoms. The van der Waals surface area contributed by atoms with Crippen LogP contribution in [0, 0.1) is 11.3 Å². The van der Waals surface area contributed by atoms with Gasteiger partial charge in [-0.1, -0.05) is 32.4 Å². The highest BCUT2D eigenvalue weighted by molar-refractivity contribution is 5.94. The first-order chi connectivity index (χ1) is 13.8. The van der Waals surface area contributed by atoms with E-state index in [0.29, 0.717) is 24.1 Å². The van der Waals surface area contributed by atoms with Crippen molar-refractivity contribution in [1.82, 2.24) is 20.9 Å². The minimum absolute atomic E-state index is 0.0307. The maximum atomic E-state index is 12.3. The van der Waals surface area contributed by atoms with E-state index < -0.39 is 0 Å². The minimum atomic E-state index is -0.0307. The highest BCUT2D eigenvalue weighted by Gasteiger charge is 2.37. The second-order valence-electron chi connectivity index (χ2n) is 8.99. The van der Waals surface area contributed by atoms with Crippen LogP contribution in [0.4, 0.5) is 0 Å². The van der Waals surface area contributed by atoms with Crippen LogP contribution in [-0.4, -0.2) is 57.5 Å². The topological polar surface area (TPSA) is 68.8 Å². The summed E-state index contributed by atoms with van der Waals surface area (Å²) in [7, 11) is 5.80. The van der Waals surface area contributed by atoms with Crippen LogP contribution in [0.25, 0.3) is 0 Å². The van der Waals surface area contributed by atoms with Gasteiger partial charge in [-0.3, -0.25) is 9.79 Å². The lowest BCUT2D eigenvalue weighted by molar-refractivity contribution is 0.0951. The number of likely N-dealkylation sites (N-methyl/N-ethyl adjacent to an activating group) is 1. The smallest absolute Gasteiger partial charge is 0.251 e. The zero-order chi connectivity index (χ0) is 21.3. The van der Waals surface area contributed by atoms with Gasteiger partial charge in [0.25, 0.3) is 5.91 Å². The third kappa shape index (κ3) is 7.69. The van der Waals surface area contributed by atoms with Gasteiger partial charge in [0.1, 0.15) is 0 Å². The van der Waals surface area contributed by atoms with Gasteiger partial charge in [0.2, 0.25) is 0 Å². The van der Waals surface area contributed by atoms with E-state index in [1.807, 2.05) is 43.3 Å². The molecule has 2 rings (SSSR count). The highest BCUT2D eigenvalue weighted by Crippen LogP contribution is 2.45. The van der Waals surface area contributed by atoms with Crippen molar-refractivity contribution >= 4 is 11.9 Å². The van der Waals surface area contributed by atoms with Crippen molar-refractivity contribution in [2.24, 2.45) is 16.3 Å². The maximum Gasteiger partial charge on any atom is 0.251 e. The number of benzene rings is 1. The molecular formula is C23H39N5O. The predicted octanol–water partition coefficient (Wildman–Crippen LogP) is 2.86. The molecule has 1 amide bonds. The van der Waals surface area contributed by atoms with Crippen LogP contribution in [-0.2, 0) is 6.54 Å². The first-order valence-electron chi connectivity index (χ1n) is 10.8. The second kappa shape index (κ2) is 11.2. The Kier molecular flexibility index (Phi) is 8.96. The molecule has 0 heterocycles. The average Bonchev–Trinajstić information content (AvgIpc) is 2.65. The molecule has 29 heavy (non-hydrogen) atoms. The van der Waals surface area contributed by atoms with Crippen molar-refractivity contribution in [3.8, 4) is 0 Å². The SMILES string of the molecule is CN=C(NCc1cccc(C(=O)NCCN(C)C)c1)NCC1(CC(C)C)CCC1. The van der Waals surface area contributed by atoms with Gasteiger partial charge in [-0.05, 0) is 62.4 Å². The number of hydrogen-bond acceptors (Lipinski definition) is 3. The molecule has 3 N–H and O–H groups in total. The summed E-state index contributed by atoms with van der Waals surface area (Å²) in [4.78, 5) is 18.7. The highest BCUT2D eigenvalue weighted by atomic mass is 16.1. The third-order valence-corrected chi connectivity index (χ3v) is 5.60. The standard InChI is InChI=1S/C23H39N5O/c1-18(2)15-23(10-7-11-23)17-27-22(24-3)26-16-19-8-6-9-20(14-19)21(29)25-12-13-28(4)5/h6,8-9,14,18H,7,10-13,15-17H2,1-5H3,(H,25,29)(H2,24,26,27). The summed E-state index contributed by atoms with van der Waals surface area (Å²) >= 11 is 0. The lowest BCUT2D eigenvalue weighted by Gasteiger charge is -2.43. The summed E-state index contributed by atoms with van der Waals surface area (Å²) in [6.45, 7) is 7.68. The van der Waals surface area contributed by atoms with E-state index in [1.165, 1.54) is 25.7 Å². The maximum absolute atomic E-state index is 12.3. The van der Waals surface area contributed by atoms with Gasteiger partial charge < -0.3 is 20.9 Å². The van der Waals surface area contributed by atoms with Crippen LogP contribution in [0.2, 0.25) is 0 Å². The zero-order valence-electron chi connectivity index (χ0n) is 18.8. The predicted molar refractivity (Wildman–Crippen MR) is 121 cm³/mol. The number of carbonyl (C=O) groups is 1. The number of rotatable bonds is 10. The molecule has 0 atom stereocenters. The van der Waals surface area contributed by atoms with Crippen LogP contribution in [0.3, 0.4) is 0 Å². The van der Waals surface area contributed by atoms with E-state index in [0.717, 1.165) is 30.5 Å². The average molecular weight is 402 g/mol. The number of aliphatic imine (C=N–C) groups is 1. The Morgan fingerprint density at radius 2 is 1.97 bits per heavy atom. The van der Waals surface area contributed by atoms with E-state index in [4.69, 9.17) is 0 Å². The Morgan fingerprint density at radius 3 is 2.55 bits per heavy atom. The van der Waals surface area contributed by atoms with Gasteiger partial charge in [-0.25, -0.2) is 0 Å². The summed E-state index contributed by atoms with van der Waals surface area (Å²) in [5.41, 5.74) is 2.18. The van der Waals surface area contributed by atoms with Crippen molar-refractivity contribution in [3.05, 3.63) is 35.4 Å². The fourth-order valence-corrected chi connectivity index (χ4v) is 3.99. The first kappa shape index (κ1) is 23.2. The van der Waals surface area contributed by atoms with E-state index in [1.54, 1.807) is 7.05 Å². The summed E-state index contributed by atoms with van der Waals surface area (Å²) in [5.74, 6) is 1.51. The summed E-state index contributed by atoms with van der Waals surface area (Å²) in [6, 6.07) is 7.76. The molecule has 1 saturated carbocycles. The largest absolute Gasteiger partial charge is 0.356 e. The second-order valence-corrected chi connectivity index (χ2v) is 8.99. The number of carbonyl (C=O) groups excluding carboxylic acids is 1. The fraction of sp³-hybridized carbons (Fsp3) is 0.652. The molecule has 0 unspecified atom stereocenters. The molecule has 0 spiro atoms. The van der Waals surface area contributed by atoms with Gasteiger partial charge in [0.15, 0.2) is 5.96 Å². The molecular weight excluding hydrogens is 362 g/mol. The van der Waals surface area contributed by atoms with Gasteiger partial charge in [0, 0.05) is 38.8 Å². The number of amides is 1. The Bertz CT molecular complexity index is 680. The van der Waals surface area contributed by atoms with Crippen LogP contribution in [0.15, 0.2) is 29.3 Å². The van der Waals surface area contributed by atoms with Gasteiger partial charge in [-0.15, -0.1) is 0 Å². The van der Waals surface area contributed by atoms with Crippen molar-refractivity contribution in [3.63, 3.8) is 0 Å². The zero-order valence-corrected chi connectivity index (χ0v) is 18.8. The molecule has 6 heteroatoms. The lowest BCUT2D eigenvalue weighted by atomic mass is 9.64. The van der Waals surface area contributed by atoms with Crippen LogP contribution in [0.5, 0.6) is 0 Å². The molecule has 1 aromatic carbocycles. The number of nitrogens with zero attached hydrogens (tertiary/aromatic N) is 2. The Labute approximate surface area is 176 Å². The molecule has 0 radical (unpaired) electrons. The van der Waals surface area contributed by atoms with Crippen LogP contribution < -0.4 is 16.0 Å².